The molecule has 0 spiro atoms. The fourth-order valence-corrected chi connectivity index (χ4v) is 2.36. The summed E-state index contributed by atoms with van der Waals surface area (Å²) in [5, 5.41) is 3.16. The Kier molecular flexibility index (Phi) is 7.37. The first kappa shape index (κ1) is 19.4. The molecule has 2 rings (SSSR count). The first-order valence-electron chi connectivity index (χ1n) is 7.19. The Morgan fingerprint density at radius 2 is 1.64 bits per heavy atom. The van der Waals surface area contributed by atoms with Crippen LogP contribution in [0.25, 0.3) is 0 Å². The molecule has 2 aromatic rings. The highest BCUT2D eigenvalue weighted by atomic mass is 35.5. The van der Waals surface area contributed by atoms with E-state index in [0.29, 0.717) is 0 Å². The second kappa shape index (κ2) is 9.51. The van der Waals surface area contributed by atoms with Crippen LogP contribution < -0.4 is 10.1 Å². The summed E-state index contributed by atoms with van der Waals surface area (Å²) in [6, 6.07) is 12.0. The molecule has 1 amide bonds. The van der Waals surface area contributed by atoms with Gasteiger partial charge in [-0.3, -0.25) is 9.59 Å². The fourth-order valence-electron chi connectivity index (χ4n) is 1.77. The first-order valence-corrected chi connectivity index (χ1v) is 8.32. The van der Waals surface area contributed by atoms with Crippen LogP contribution in [0, 0.1) is 0 Å². The molecule has 0 radical (unpaired) electrons. The Morgan fingerprint density at radius 1 is 0.960 bits per heavy atom. The molecule has 0 aliphatic carbocycles. The molecule has 0 fully saturated rings. The van der Waals surface area contributed by atoms with Gasteiger partial charge in [0.15, 0.2) is 6.61 Å². The molecule has 0 aliphatic rings. The van der Waals surface area contributed by atoms with Crippen molar-refractivity contribution in [3.05, 3.63) is 63.1 Å². The third-order valence-electron chi connectivity index (χ3n) is 3.01. The molecule has 25 heavy (non-hydrogen) atoms. The fraction of sp³-hybridized carbons (Fsp3) is 0.176. The molecule has 0 atom stereocenters. The summed E-state index contributed by atoms with van der Waals surface area (Å²) >= 11 is 17.6. The molecule has 1 N–H and O–H groups in total. The predicted octanol–water partition coefficient (Wildman–Crippen LogP) is 3.89. The number of halogens is 3. The van der Waals surface area contributed by atoms with Gasteiger partial charge in [-0.15, -0.1) is 0 Å². The number of benzene rings is 2. The van der Waals surface area contributed by atoms with Gasteiger partial charge in [-0.25, -0.2) is 0 Å². The minimum absolute atomic E-state index is 0.144. The minimum Gasteiger partial charge on any atom is -0.482 e. The van der Waals surface area contributed by atoms with E-state index in [0.717, 1.165) is 5.56 Å². The Labute approximate surface area is 159 Å². The number of esters is 1. The highest BCUT2D eigenvalue weighted by molar-refractivity contribution is 6.43. The lowest BCUT2D eigenvalue weighted by molar-refractivity contribution is -0.145. The maximum atomic E-state index is 11.7. The summed E-state index contributed by atoms with van der Waals surface area (Å²) < 4.78 is 10.3. The van der Waals surface area contributed by atoms with Gasteiger partial charge in [-0.05, 0) is 11.6 Å². The van der Waals surface area contributed by atoms with Crippen molar-refractivity contribution in [3.8, 4) is 5.75 Å². The summed E-state index contributed by atoms with van der Waals surface area (Å²) in [6.45, 7) is -0.446. The van der Waals surface area contributed by atoms with Crippen molar-refractivity contribution in [1.29, 1.82) is 0 Å². The smallest absolute Gasteiger partial charge is 0.325 e. The number of rotatable bonds is 7. The molecule has 5 nitrogen and oxygen atoms in total. The lowest BCUT2D eigenvalue weighted by Crippen LogP contribution is -2.34. The SMILES string of the molecule is O=C(COc1cc(Cl)c(Cl)cc1Cl)NCC(=O)OCc1ccccc1. The van der Waals surface area contributed by atoms with Crippen molar-refractivity contribution in [2.24, 2.45) is 0 Å². The van der Waals surface area contributed by atoms with E-state index in [-0.39, 0.29) is 40.6 Å². The van der Waals surface area contributed by atoms with Crippen molar-refractivity contribution < 1.29 is 19.1 Å². The Balaban J connectivity index is 1.72. The molecular weight excluding hydrogens is 389 g/mol. The van der Waals surface area contributed by atoms with Crippen LogP contribution in [-0.4, -0.2) is 25.0 Å². The maximum absolute atomic E-state index is 11.7. The first-order chi connectivity index (χ1) is 12.0. The van der Waals surface area contributed by atoms with Gasteiger partial charge in [-0.1, -0.05) is 65.1 Å². The van der Waals surface area contributed by atoms with Gasteiger partial charge in [-0.2, -0.15) is 0 Å². The molecule has 0 heterocycles. The average molecular weight is 403 g/mol. The minimum atomic E-state index is -0.551. The molecule has 8 heteroatoms. The zero-order valence-electron chi connectivity index (χ0n) is 12.9. The summed E-state index contributed by atoms with van der Waals surface area (Å²) in [5.41, 5.74) is 0.861. The monoisotopic (exact) mass is 401 g/mol. The van der Waals surface area contributed by atoms with E-state index >= 15 is 0 Å². The van der Waals surface area contributed by atoms with Gasteiger partial charge in [0.05, 0.1) is 15.1 Å². The molecule has 132 valence electrons. The van der Waals surface area contributed by atoms with Gasteiger partial charge < -0.3 is 14.8 Å². The van der Waals surface area contributed by atoms with Crippen LogP contribution in [0.1, 0.15) is 5.56 Å². The zero-order valence-corrected chi connectivity index (χ0v) is 15.2. The molecular formula is C17H14Cl3NO4. The largest absolute Gasteiger partial charge is 0.482 e. The Bertz CT molecular complexity index is 753. The van der Waals surface area contributed by atoms with Crippen molar-refractivity contribution >= 4 is 46.7 Å². The standard InChI is InChI=1S/C17H14Cl3NO4/c18-12-6-14(20)15(7-13(12)19)24-10-16(22)21-8-17(23)25-9-11-4-2-1-3-5-11/h1-7H,8-10H2,(H,21,22). The van der Waals surface area contributed by atoms with Gasteiger partial charge in [0.1, 0.15) is 18.9 Å². The van der Waals surface area contributed by atoms with Crippen molar-refractivity contribution in [2.75, 3.05) is 13.2 Å². The number of carbonyl (C=O) groups excluding carboxylic acids is 2. The van der Waals surface area contributed by atoms with Crippen molar-refractivity contribution in [3.63, 3.8) is 0 Å². The van der Waals surface area contributed by atoms with E-state index in [2.05, 4.69) is 5.32 Å². The quantitative estimate of drug-likeness (QED) is 0.564. The van der Waals surface area contributed by atoms with Gasteiger partial charge in [0.25, 0.3) is 5.91 Å². The van der Waals surface area contributed by atoms with Crippen LogP contribution in [0.4, 0.5) is 0 Å². The molecule has 0 saturated carbocycles. The third kappa shape index (κ3) is 6.46. The van der Waals surface area contributed by atoms with Crippen LogP contribution in [0.2, 0.25) is 15.1 Å². The Morgan fingerprint density at radius 3 is 2.36 bits per heavy atom. The normalized spacial score (nSPS) is 10.2. The van der Waals surface area contributed by atoms with Crippen molar-refractivity contribution in [2.45, 2.75) is 6.61 Å². The number of nitrogens with one attached hydrogen (secondary N) is 1. The zero-order chi connectivity index (χ0) is 18.2. The number of carbonyl (C=O) groups is 2. The molecule has 0 bridgehead atoms. The summed E-state index contributed by atoms with van der Waals surface area (Å²) in [5.74, 6) is -0.832. The lowest BCUT2D eigenvalue weighted by atomic mass is 10.2. The van der Waals surface area contributed by atoms with Gasteiger partial charge in [0.2, 0.25) is 0 Å². The van der Waals surface area contributed by atoms with Crippen LogP contribution in [-0.2, 0) is 20.9 Å². The second-order valence-corrected chi connectivity index (χ2v) is 6.13. The van der Waals surface area contributed by atoms with E-state index in [1.807, 2.05) is 30.3 Å². The highest BCUT2D eigenvalue weighted by Gasteiger charge is 2.11. The summed E-state index contributed by atoms with van der Waals surface area (Å²) in [4.78, 5) is 23.3. The predicted molar refractivity (Wildman–Crippen MR) is 96.2 cm³/mol. The van der Waals surface area contributed by atoms with E-state index < -0.39 is 11.9 Å². The Hall–Kier alpha value is -1.95. The van der Waals surface area contributed by atoms with Crippen LogP contribution in [0.15, 0.2) is 42.5 Å². The van der Waals surface area contributed by atoms with Gasteiger partial charge in [0, 0.05) is 6.07 Å². The molecule has 0 saturated heterocycles. The van der Waals surface area contributed by atoms with Crippen LogP contribution in [0.5, 0.6) is 5.75 Å². The number of hydrogen-bond donors (Lipinski definition) is 1. The highest BCUT2D eigenvalue weighted by Crippen LogP contribution is 2.33. The number of amides is 1. The summed E-state index contributed by atoms with van der Waals surface area (Å²) in [7, 11) is 0. The van der Waals surface area contributed by atoms with E-state index in [1.165, 1.54) is 12.1 Å². The molecule has 0 aromatic heterocycles. The summed E-state index contributed by atoms with van der Waals surface area (Å²) in [6.07, 6.45) is 0. The van der Waals surface area contributed by atoms with E-state index in [1.54, 1.807) is 0 Å². The molecule has 0 unspecified atom stereocenters. The molecule has 2 aromatic carbocycles. The van der Waals surface area contributed by atoms with Crippen molar-refractivity contribution in [1.82, 2.24) is 5.32 Å². The average Bonchev–Trinajstić information content (AvgIpc) is 2.61. The molecule has 0 aliphatic heterocycles. The van der Waals surface area contributed by atoms with Gasteiger partial charge >= 0.3 is 5.97 Å². The number of hydrogen-bond acceptors (Lipinski definition) is 4. The maximum Gasteiger partial charge on any atom is 0.325 e. The lowest BCUT2D eigenvalue weighted by Gasteiger charge is -2.10. The van der Waals surface area contributed by atoms with Crippen LogP contribution >= 0.6 is 34.8 Å². The van der Waals surface area contributed by atoms with Crippen LogP contribution in [0.3, 0.4) is 0 Å². The number of ether oxygens (including phenoxy) is 2. The second-order valence-electron chi connectivity index (χ2n) is 4.91. The van der Waals surface area contributed by atoms with E-state index in [9.17, 15) is 9.59 Å². The van der Waals surface area contributed by atoms with E-state index in [4.69, 9.17) is 44.3 Å². The third-order valence-corrected chi connectivity index (χ3v) is 4.02. The topological polar surface area (TPSA) is 64.6 Å².